The van der Waals surface area contributed by atoms with Crippen LogP contribution in [0.5, 0.6) is 5.75 Å². The summed E-state index contributed by atoms with van der Waals surface area (Å²) in [6.45, 7) is 9.38. The molecule has 1 aromatic carbocycles. The number of hydrogen-bond donors (Lipinski definition) is 0. The Labute approximate surface area is 130 Å². The summed E-state index contributed by atoms with van der Waals surface area (Å²) in [4.78, 5) is 16.3. The minimum absolute atomic E-state index is 0.358. The maximum atomic E-state index is 11.7. The first-order chi connectivity index (χ1) is 10.6. The molecule has 5 nitrogen and oxygen atoms in total. The topological polar surface area (TPSA) is 53.3 Å². The summed E-state index contributed by atoms with van der Waals surface area (Å²) in [7, 11) is 1.37. The number of carbonyl (C=O) groups is 1. The molecule has 0 saturated carbocycles. The van der Waals surface area contributed by atoms with Crippen molar-refractivity contribution in [3.63, 3.8) is 0 Å². The van der Waals surface area contributed by atoms with Gasteiger partial charge in [0.15, 0.2) is 0 Å². The van der Waals surface area contributed by atoms with Crippen molar-refractivity contribution in [1.29, 1.82) is 0 Å². The maximum absolute atomic E-state index is 11.7. The first-order valence-electron chi connectivity index (χ1n) is 7.51. The number of aryl methyl sites for hydroxylation is 1. The average molecular weight is 302 g/mol. The molecule has 0 atom stereocenters. The van der Waals surface area contributed by atoms with Crippen LogP contribution in [0.2, 0.25) is 0 Å². The number of carbonyl (C=O) groups excluding carboxylic acids is 1. The van der Waals surface area contributed by atoms with Crippen molar-refractivity contribution in [2.45, 2.75) is 34.2 Å². The molecule has 0 unspecified atom stereocenters. The smallest absolute Gasteiger partial charge is 0.337 e. The van der Waals surface area contributed by atoms with E-state index in [1.165, 1.54) is 7.11 Å². The Bertz CT molecular complexity index is 689. The molecule has 118 valence electrons. The highest BCUT2D eigenvalue weighted by Gasteiger charge is 2.21. The zero-order valence-electron chi connectivity index (χ0n) is 13.8. The number of ether oxygens (including phenoxy) is 2. The number of methoxy groups -OCH3 is 1. The lowest BCUT2D eigenvalue weighted by molar-refractivity contribution is 0.0601. The number of nitrogens with zero attached hydrogens (tertiary/aromatic N) is 2. The number of imidazole rings is 1. The molecule has 0 fully saturated rings. The molecule has 22 heavy (non-hydrogen) atoms. The molecule has 0 bridgehead atoms. The fourth-order valence-corrected chi connectivity index (χ4v) is 2.46. The van der Waals surface area contributed by atoms with Crippen molar-refractivity contribution in [2.24, 2.45) is 0 Å². The first-order valence-corrected chi connectivity index (χ1v) is 7.51. The van der Waals surface area contributed by atoms with Gasteiger partial charge in [0.1, 0.15) is 18.2 Å². The summed E-state index contributed by atoms with van der Waals surface area (Å²) in [6, 6.07) is 5.30. The van der Waals surface area contributed by atoms with E-state index in [1.807, 2.05) is 27.7 Å². The van der Waals surface area contributed by atoms with Crippen LogP contribution in [0.1, 0.15) is 35.6 Å². The summed E-state index contributed by atoms with van der Waals surface area (Å²) >= 11 is 0. The highest BCUT2D eigenvalue weighted by Crippen LogP contribution is 2.34. The predicted octanol–water partition coefficient (Wildman–Crippen LogP) is 3.37. The number of benzene rings is 1. The maximum Gasteiger partial charge on any atom is 0.337 e. The number of rotatable bonds is 1. The number of esters is 1. The van der Waals surface area contributed by atoms with Gasteiger partial charge in [0.05, 0.1) is 30.5 Å². The van der Waals surface area contributed by atoms with Crippen LogP contribution in [0.3, 0.4) is 0 Å². The Morgan fingerprint density at radius 3 is 2.73 bits per heavy atom. The average Bonchev–Trinajstić information content (AvgIpc) is 2.74. The van der Waals surface area contributed by atoms with Crippen LogP contribution in [-0.4, -0.2) is 29.2 Å². The van der Waals surface area contributed by atoms with E-state index >= 15 is 0 Å². The molecule has 0 saturated heterocycles. The van der Waals surface area contributed by atoms with Gasteiger partial charge >= 0.3 is 5.97 Å². The zero-order valence-corrected chi connectivity index (χ0v) is 13.8. The molecule has 2 heterocycles. The van der Waals surface area contributed by atoms with E-state index in [0.717, 1.165) is 35.1 Å². The molecule has 5 heteroatoms. The van der Waals surface area contributed by atoms with Gasteiger partial charge in [-0.15, -0.1) is 0 Å². The normalized spacial score (nSPS) is 12.0. The molecule has 0 radical (unpaired) electrons. The van der Waals surface area contributed by atoms with Gasteiger partial charge in [-0.1, -0.05) is 13.8 Å². The van der Waals surface area contributed by atoms with Crippen LogP contribution in [0.15, 0.2) is 18.2 Å². The minimum atomic E-state index is -0.358. The zero-order chi connectivity index (χ0) is 16.3. The summed E-state index contributed by atoms with van der Waals surface area (Å²) in [6.07, 6.45) is 0. The molecule has 0 aliphatic carbocycles. The summed E-state index contributed by atoms with van der Waals surface area (Å²) in [5, 5.41) is 0. The molecule has 3 rings (SSSR count). The Morgan fingerprint density at radius 1 is 1.32 bits per heavy atom. The molecule has 1 aromatic heterocycles. The quantitative estimate of drug-likeness (QED) is 0.758. The molecule has 2 aromatic rings. The van der Waals surface area contributed by atoms with E-state index in [2.05, 4.69) is 9.55 Å². The van der Waals surface area contributed by atoms with Gasteiger partial charge in [0, 0.05) is 5.69 Å². The lowest BCUT2D eigenvalue weighted by Crippen LogP contribution is -2.07. The van der Waals surface area contributed by atoms with Crippen LogP contribution in [-0.2, 0) is 11.3 Å². The van der Waals surface area contributed by atoms with Crippen molar-refractivity contribution < 1.29 is 14.3 Å². The second-order valence-electron chi connectivity index (χ2n) is 4.81. The van der Waals surface area contributed by atoms with E-state index in [1.54, 1.807) is 18.2 Å². The molecule has 0 spiro atoms. The summed E-state index contributed by atoms with van der Waals surface area (Å²) < 4.78 is 12.6. The Balaban J connectivity index is 0.000000847. The fraction of sp³-hybridized carbons (Fsp3) is 0.412. The fourth-order valence-electron chi connectivity index (χ4n) is 2.46. The van der Waals surface area contributed by atoms with Gasteiger partial charge in [-0.25, -0.2) is 9.78 Å². The van der Waals surface area contributed by atoms with Crippen LogP contribution in [0, 0.1) is 13.8 Å². The Morgan fingerprint density at radius 2 is 2.05 bits per heavy atom. The highest BCUT2D eigenvalue weighted by molar-refractivity contribution is 5.91. The number of hydrogen-bond acceptors (Lipinski definition) is 4. The van der Waals surface area contributed by atoms with Gasteiger partial charge in [-0.05, 0) is 32.0 Å². The van der Waals surface area contributed by atoms with Gasteiger partial charge < -0.3 is 14.0 Å². The highest BCUT2D eigenvalue weighted by atomic mass is 16.5. The number of fused-ring (bicyclic) bond motifs is 3. The lowest BCUT2D eigenvalue weighted by atomic mass is 10.1. The minimum Gasteiger partial charge on any atom is -0.491 e. The van der Waals surface area contributed by atoms with Gasteiger partial charge in [0.25, 0.3) is 0 Å². The molecule has 1 aliphatic heterocycles. The second-order valence-corrected chi connectivity index (χ2v) is 4.81. The predicted molar refractivity (Wildman–Crippen MR) is 85.3 cm³/mol. The largest absolute Gasteiger partial charge is 0.491 e. The molecular formula is C17H22N2O3. The SMILES string of the molecule is CC.COC(=O)c1ccc2c(c1)-c1nc(C)c(C)n1CCO2. The Kier molecular flexibility index (Phi) is 4.85. The van der Waals surface area contributed by atoms with Crippen molar-refractivity contribution >= 4 is 5.97 Å². The van der Waals surface area contributed by atoms with Crippen molar-refractivity contribution in [1.82, 2.24) is 9.55 Å². The molecule has 0 amide bonds. The molecular weight excluding hydrogens is 280 g/mol. The van der Waals surface area contributed by atoms with Crippen molar-refractivity contribution in [3.05, 3.63) is 35.2 Å². The van der Waals surface area contributed by atoms with E-state index in [-0.39, 0.29) is 5.97 Å². The third kappa shape index (κ3) is 2.71. The van der Waals surface area contributed by atoms with Crippen LogP contribution < -0.4 is 4.74 Å². The monoisotopic (exact) mass is 302 g/mol. The van der Waals surface area contributed by atoms with Gasteiger partial charge in [-0.2, -0.15) is 0 Å². The summed E-state index contributed by atoms with van der Waals surface area (Å²) in [5.41, 5.74) is 3.46. The van der Waals surface area contributed by atoms with Crippen LogP contribution in [0.4, 0.5) is 0 Å². The van der Waals surface area contributed by atoms with E-state index in [0.29, 0.717) is 12.2 Å². The summed E-state index contributed by atoms with van der Waals surface area (Å²) in [5.74, 6) is 1.24. The van der Waals surface area contributed by atoms with Crippen molar-refractivity contribution in [2.75, 3.05) is 13.7 Å². The van der Waals surface area contributed by atoms with Gasteiger partial charge in [-0.3, -0.25) is 0 Å². The molecule has 0 N–H and O–H groups in total. The Hall–Kier alpha value is -2.30. The van der Waals surface area contributed by atoms with E-state index in [4.69, 9.17) is 9.47 Å². The van der Waals surface area contributed by atoms with Crippen LogP contribution >= 0.6 is 0 Å². The van der Waals surface area contributed by atoms with Gasteiger partial charge in [0.2, 0.25) is 0 Å². The third-order valence-corrected chi connectivity index (χ3v) is 3.67. The number of aromatic nitrogens is 2. The van der Waals surface area contributed by atoms with Crippen LogP contribution in [0.25, 0.3) is 11.4 Å². The van der Waals surface area contributed by atoms with E-state index < -0.39 is 0 Å². The second kappa shape index (κ2) is 6.64. The standard InChI is InChI=1S/C15H16N2O3.C2H6/c1-9-10(2)17-6-7-20-13-5-4-11(15(18)19-3)8-12(13)14(17)16-9;1-2/h4-5,8H,6-7H2,1-3H3;1-2H3. The lowest BCUT2D eigenvalue weighted by Gasteiger charge is -2.07. The first kappa shape index (κ1) is 16.1. The van der Waals surface area contributed by atoms with E-state index in [9.17, 15) is 4.79 Å². The van der Waals surface area contributed by atoms with Crippen molar-refractivity contribution in [3.8, 4) is 17.1 Å². The molecule has 1 aliphatic rings. The third-order valence-electron chi connectivity index (χ3n) is 3.67.